The molecule has 1 aliphatic carbocycles. The monoisotopic (exact) mass is 194 g/mol. The van der Waals surface area contributed by atoms with Crippen molar-refractivity contribution in [2.75, 3.05) is 5.73 Å². The third-order valence-electron chi connectivity index (χ3n) is 3.01. The molecule has 4 heteroatoms. The van der Waals surface area contributed by atoms with Crippen LogP contribution in [0, 0.1) is 5.92 Å². The van der Waals surface area contributed by atoms with Crippen LogP contribution in [0.15, 0.2) is 0 Å². The number of rotatable bonds is 2. The molecular formula is C10H18N4. The topological polar surface area (TPSA) is 67.6 Å². The van der Waals surface area contributed by atoms with E-state index in [1.807, 2.05) is 0 Å². The predicted octanol–water partition coefficient (Wildman–Crippen LogP) is 1.90. The van der Waals surface area contributed by atoms with Gasteiger partial charge in [0.25, 0.3) is 0 Å². The van der Waals surface area contributed by atoms with Crippen molar-refractivity contribution in [2.45, 2.75) is 44.9 Å². The van der Waals surface area contributed by atoms with E-state index in [1.165, 1.54) is 38.5 Å². The molecule has 0 aliphatic heterocycles. The lowest BCUT2D eigenvalue weighted by molar-refractivity contribution is 0.448. The van der Waals surface area contributed by atoms with Gasteiger partial charge in [-0.1, -0.05) is 38.5 Å². The molecule has 4 nitrogen and oxygen atoms in total. The Labute approximate surface area is 84.3 Å². The molecule has 0 aromatic carbocycles. The zero-order valence-electron chi connectivity index (χ0n) is 8.50. The minimum atomic E-state index is 0.369. The maximum Gasteiger partial charge on any atom is 0.239 e. The number of nitrogens with one attached hydrogen (secondary N) is 1. The lowest BCUT2D eigenvalue weighted by Gasteiger charge is -2.10. The molecular weight excluding hydrogens is 176 g/mol. The molecule has 0 unspecified atom stereocenters. The SMILES string of the molecule is Nc1n[nH]c(CC2CCCCCC2)n1. The minimum absolute atomic E-state index is 0.369. The van der Waals surface area contributed by atoms with Crippen LogP contribution in [0.5, 0.6) is 0 Å². The Bertz CT molecular complexity index is 273. The maximum atomic E-state index is 5.46. The summed E-state index contributed by atoms with van der Waals surface area (Å²) in [6.07, 6.45) is 9.22. The number of nitrogens with two attached hydrogens (primary N) is 1. The van der Waals surface area contributed by atoms with E-state index in [0.29, 0.717) is 5.95 Å². The van der Waals surface area contributed by atoms with Crippen molar-refractivity contribution in [3.8, 4) is 0 Å². The van der Waals surface area contributed by atoms with E-state index in [0.717, 1.165) is 18.2 Å². The first-order chi connectivity index (χ1) is 6.84. The van der Waals surface area contributed by atoms with E-state index >= 15 is 0 Å². The number of H-pyrrole nitrogens is 1. The predicted molar refractivity (Wildman–Crippen MR) is 55.7 cm³/mol. The number of anilines is 1. The number of aromatic amines is 1. The normalized spacial score (nSPS) is 19.4. The van der Waals surface area contributed by atoms with Gasteiger partial charge in [0.2, 0.25) is 5.95 Å². The molecule has 14 heavy (non-hydrogen) atoms. The highest BCUT2D eigenvalue weighted by Gasteiger charge is 2.14. The van der Waals surface area contributed by atoms with E-state index in [-0.39, 0.29) is 0 Å². The summed E-state index contributed by atoms with van der Waals surface area (Å²) in [6.45, 7) is 0. The van der Waals surface area contributed by atoms with E-state index < -0.39 is 0 Å². The first-order valence-corrected chi connectivity index (χ1v) is 5.51. The number of hydrogen-bond donors (Lipinski definition) is 2. The molecule has 2 rings (SSSR count). The van der Waals surface area contributed by atoms with Gasteiger partial charge >= 0.3 is 0 Å². The van der Waals surface area contributed by atoms with Gasteiger partial charge in [-0.2, -0.15) is 4.98 Å². The van der Waals surface area contributed by atoms with Gasteiger partial charge in [-0.05, 0) is 5.92 Å². The molecule has 78 valence electrons. The standard InChI is InChI=1S/C10H18N4/c11-10-12-9(13-14-10)7-8-5-3-1-2-4-6-8/h8H,1-7H2,(H3,11,12,13,14). The second kappa shape index (κ2) is 4.44. The van der Waals surface area contributed by atoms with Gasteiger partial charge in [-0.3, -0.25) is 5.10 Å². The molecule has 1 aliphatic rings. The van der Waals surface area contributed by atoms with E-state index in [9.17, 15) is 0 Å². The average molecular weight is 194 g/mol. The van der Waals surface area contributed by atoms with Crippen molar-refractivity contribution >= 4 is 5.95 Å². The Morgan fingerprint density at radius 1 is 1.21 bits per heavy atom. The first-order valence-electron chi connectivity index (χ1n) is 5.51. The molecule has 0 radical (unpaired) electrons. The van der Waals surface area contributed by atoms with Crippen LogP contribution in [0.2, 0.25) is 0 Å². The molecule has 3 N–H and O–H groups in total. The molecule has 1 heterocycles. The number of hydrogen-bond acceptors (Lipinski definition) is 3. The fraction of sp³-hybridized carbons (Fsp3) is 0.800. The van der Waals surface area contributed by atoms with Crippen molar-refractivity contribution in [3.05, 3.63) is 5.82 Å². The highest BCUT2D eigenvalue weighted by molar-refractivity contribution is 5.12. The Hall–Kier alpha value is -1.06. The Balaban J connectivity index is 1.89. The van der Waals surface area contributed by atoms with Gasteiger partial charge in [-0.15, -0.1) is 5.10 Å². The number of nitrogens with zero attached hydrogens (tertiary/aromatic N) is 2. The van der Waals surface area contributed by atoms with Gasteiger partial charge < -0.3 is 5.73 Å². The maximum absolute atomic E-state index is 5.46. The number of nitrogen functional groups attached to an aromatic ring is 1. The van der Waals surface area contributed by atoms with Crippen LogP contribution >= 0.6 is 0 Å². The average Bonchev–Trinajstić information content (AvgIpc) is 2.43. The van der Waals surface area contributed by atoms with Crippen LogP contribution in [-0.4, -0.2) is 15.2 Å². The summed E-state index contributed by atoms with van der Waals surface area (Å²) >= 11 is 0. The summed E-state index contributed by atoms with van der Waals surface area (Å²) < 4.78 is 0. The summed E-state index contributed by atoms with van der Waals surface area (Å²) in [5.74, 6) is 2.10. The molecule has 1 saturated carbocycles. The lowest BCUT2D eigenvalue weighted by atomic mass is 9.96. The molecule has 1 fully saturated rings. The summed E-state index contributed by atoms with van der Waals surface area (Å²) in [5.41, 5.74) is 5.46. The fourth-order valence-electron chi connectivity index (χ4n) is 2.24. The van der Waals surface area contributed by atoms with Crippen molar-refractivity contribution in [2.24, 2.45) is 5.92 Å². The smallest absolute Gasteiger partial charge is 0.239 e. The Morgan fingerprint density at radius 2 is 1.93 bits per heavy atom. The van der Waals surface area contributed by atoms with Crippen molar-refractivity contribution in [3.63, 3.8) is 0 Å². The van der Waals surface area contributed by atoms with E-state index in [1.54, 1.807) is 0 Å². The molecule has 0 spiro atoms. The van der Waals surface area contributed by atoms with Gasteiger partial charge in [0.15, 0.2) is 0 Å². The van der Waals surface area contributed by atoms with Crippen molar-refractivity contribution in [1.82, 2.24) is 15.2 Å². The van der Waals surface area contributed by atoms with Crippen LogP contribution in [0.1, 0.15) is 44.3 Å². The molecule has 1 aromatic heterocycles. The zero-order valence-corrected chi connectivity index (χ0v) is 8.50. The van der Waals surface area contributed by atoms with Crippen LogP contribution < -0.4 is 5.73 Å². The Kier molecular flexibility index (Phi) is 3.01. The summed E-state index contributed by atoms with van der Waals surface area (Å²) in [4.78, 5) is 4.15. The second-order valence-corrected chi connectivity index (χ2v) is 4.20. The van der Waals surface area contributed by atoms with Gasteiger partial charge in [-0.25, -0.2) is 0 Å². The third-order valence-corrected chi connectivity index (χ3v) is 3.01. The van der Waals surface area contributed by atoms with E-state index in [4.69, 9.17) is 5.73 Å². The third kappa shape index (κ3) is 2.47. The van der Waals surface area contributed by atoms with E-state index in [2.05, 4.69) is 15.2 Å². The largest absolute Gasteiger partial charge is 0.367 e. The zero-order chi connectivity index (χ0) is 9.80. The van der Waals surface area contributed by atoms with Gasteiger partial charge in [0.1, 0.15) is 5.82 Å². The quantitative estimate of drug-likeness (QED) is 0.706. The molecule has 0 atom stereocenters. The summed E-state index contributed by atoms with van der Waals surface area (Å²) in [7, 11) is 0. The van der Waals surface area contributed by atoms with Crippen LogP contribution in [0.25, 0.3) is 0 Å². The first kappa shape index (κ1) is 9.49. The summed E-state index contributed by atoms with van der Waals surface area (Å²) in [5, 5.41) is 6.73. The molecule has 0 bridgehead atoms. The minimum Gasteiger partial charge on any atom is -0.367 e. The highest BCUT2D eigenvalue weighted by atomic mass is 15.3. The number of aromatic nitrogens is 3. The summed E-state index contributed by atoms with van der Waals surface area (Å²) in [6, 6.07) is 0. The van der Waals surface area contributed by atoms with Crippen LogP contribution in [0.4, 0.5) is 5.95 Å². The Morgan fingerprint density at radius 3 is 2.50 bits per heavy atom. The molecule has 1 aromatic rings. The lowest BCUT2D eigenvalue weighted by Crippen LogP contribution is -2.04. The molecule has 0 saturated heterocycles. The van der Waals surface area contributed by atoms with Crippen molar-refractivity contribution in [1.29, 1.82) is 0 Å². The van der Waals surface area contributed by atoms with Gasteiger partial charge in [0, 0.05) is 6.42 Å². The van der Waals surface area contributed by atoms with Crippen molar-refractivity contribution < 1.29 is 0 Å². The van der Waals surface area contributed by atoms with Gasteiger partial charge in [0.05, 0.1) is 0 Å². The fourth-order valence-corrected chi connectivity index (χ4v) is 2.24. The second-order valence-electron chi connectivity index (χ2n) is 4.20. The van der Waals surface area contributed by atoms with Crippen LogP contribution in [-0.2, 0) is 6.42 Å². The molecule has 0 amide bonds. The highest BCUT2D eigenvalue weighted by Crippen LogP contribution is 2.24. The van der Waals surface area contributed by atoms with Crippen LogP contribution in [0.3, 0.4) is 0 Å².